The maximum absolute atomic E-state index is 14.3. The van der Waals surface area contributed by atoms with Gasteiger partial charge < -0.3 is 20.6 Å². The molecule has 3 heterocycles. The Morgan fingerprint density at radius 3 is 2.38 bits per heavy atom. The zero-order chi connectivity index (χ0) is 31.6. The highest BCUT2D eigenvalue weighted by Crippen LogP contribution is 2.43. The highest BCUT2D eigenvalue weighted by Gasteiger charge is 2.42. The smallest absolute Gasteiger partial charge is 0.389 e. The van der Waals surface area contributed by atoms with Crippen molar-refractivity contribution in [1.29, 1.82) is 0 Å². The number of aliphatic hydroxyl groups is 1. The van der Waals surface area contributed by atoms with Crippen LogP contribution in [0.2, 0.25) is 0 Å². The van der Waals surface area contributed by atoms with Gasteiger partial charge >= 0.3 is 12.4 Å². The molecule has 15 heteroatoms. The number of pyridine rings is 1. The average molecular weight is 624 g/mol. The van der Waals surface area contributed by atoms with E-state index in [0.29, 0.717) is 36.7 Å². The predicted molar refractivity (Wildman–Crippen MR) is 146 cm³/mol. The molecule has 0 aliphatic carbocycles. The molecule has 0 aromatic carbocycles. The molecule has 2 aromatic heterocycles. The highest BCUT2D eigenvalue weighted by atomic mass is 32.1. The zero-order valence-corrected chi connectivity index (χ0v) is 24.7. The molecule has 3 atom stereocenters. The van der Waals surface area contributed by atoms with Crippen molar-refractivity contribution in [3.8, 4) is 10.4 Å². The van der Waals surface area contributed by atoms with Gasteiger partial charge in [0.05, 0.1) is 16.0 Å². The summed E-state index contributed by atoms with van der Waals surface area (Å²) in [6, 6.07) is -2.06. The van der Waals surface area contributed by atoms with Gasteiger partial charge in [0, 0.05) is 30.4 Å². The lowest BCUT2D eigenvalue weighted by atomic mass is 10.1. The van der Waals surface area contributed by atoms with Crippen LogP contribution in [0.1, 0.15) is 92.6 Å². The van der Waals surface area contributed by atoms with Gasteiger partial charge in [-0.2, -0.15) is 26.3 Å². The first-order chi connectivity index (χ1) is 19.4. The van der Waals surface area contributed by atoms with Gasteiger partial charge in [0.1, 0.15) is 17.6 Å². The molecule has 0 saturated carbocycles. The van der Waals surface area contributed by atoms with E-state index >= 15 is 0 Å². The van der Waals surface area contributed by atoms with Crippen molar-refractivity contribution in [2.45, 2.75) is 103 Å². The molecule has 42 heavy (non-hydrogen) atoms. The fourth-order valence-electron chi connectivity index (χ4n) is 4.84. The number of nitrogens with zero attached hydrogens (tertiary/aromatic N) is 3. The SMILES string of the molecule is CCCC1CCC(C)N1C(=O)c1nc(C(=O)NCC(C)(C)O)sc1-c1cnc(N[C@@H](CC)C(F)(F)F)cc1C(F)(F)F. The molecular formula is C27H35F6N5O3S. The van der Waals surface area contributed by atoms with Crippen LogP contribution in [0.4, 0.5) is 32.2 Å². The quantitative estimate of drug-likeness (QED) is 0.270. The van der Waals surface area contributed by atoms with E-state index in [2.05, 4.69) is 15.3 Å². The average Bonchev–Trinajstić information content (AvgIpc) is 3.48. The fraction of sp³-hybridized carbons (Fsp3) is 0.630. The summed E-state index contributed by atoms with van der Waals surface area (Å²) in [4.78, 5) is 36.1. The Balaban J connectivity index is 2.16. The van der Waals surface area contributed by atoms with Crippen LogP contribution in [0.25, 0.3) is 10.4 Å². The van der Waals surface area contributed by atoms with Gasteiger partial charge in [-0.3, -0.25) is 9.59 Å². The Labute approximate surface area is 243 Å². The molecule has 0 spiro atoms. The lowest BCUT2D eigenvalue weighted by Crippen LogP contribution is -2.40. The van der Waals surface area contributed by atoms with Crippen molar-refractivity contribution in [2.75, 3.05) is 11.9 Å². The first-order valence-corrected chi connectivity index (χ1v) is 14.4. The van der Waals surface area contributed by atoms with Gasteiger partial charge in [-0.15, -0.1) is 11.3 Å². The first kappa shape index (κ1) is 33.6. The topological polar surface area (TPSA) is 107 Å². The molecule has 3 N–H and O–H groups in total. The van der Waals surface area contributed by atoms with E-state index in [9.17, 15) is 41.0 Å². The molecular weight excluding hydrogens is 588 g/mol. The van der Waals surface area contributed by atoms with E-state index in [-0.39, 0.29) is 34.2 Å². The Morgan fingerprint density at radius 1 is 1.17 bits per heavy atom. The van der Waals surface area contributed by atoms with E-state index in [1.807, 2.05) is 19.2 Å². The maximum Gasteiger partial charge on any atom is 0.417 e. The van der Waals surface area contributed by atoms with Crippen molar-refractivity contribution in [2.24, 2.45) is 0 Å². The van der Waals surface area contributed by atoms with Crippen molar-refractivity contribution >= 4 is 29.0 Å². The van der Waals surface area contributed by atoms with E-state index in [0.717, 1.165) is 12.6 Å². The van der Waals surface area contributed by atoms with Crippen molar-refractivity contribution in [3.05, 3.63) is 28.5 Å². The summed E-state index contributed by atoms with van der Waals surface area (Å²) in [5.74, 6) is -2.10. The zero-order valence-electron chi connectivity index (χ0n) is 23.9. The third-order valence-corrected chi connectivity index (χ3v) is 8.01. The number of amides is 2. The second kappa shape index (κ2) is 12.7. The van der Waals surface area contributed by atoms with Gasteiger partial charge in [-0.05, 0) is 52.5 Å². The minimum Gasteiger partial charge on any atom is -0.389 e. The predicted octanol–water partition coefficient (Wildman–Crippen LogP) is 6.27. The number of anilines is 1. The summed E-state index contributed by atoms with van der Waals surface area (Å²) < 4.78 is 82.9. The normalized spacial score (nSPS) is 18.7. The van der Waals surface area contributed by atoms with E-state index in [1.54, 1.807) is 4.90 Å². The van der Waals surface area contributed by atoms with Crippen LogP contribution < -0.4 is 10.6 Å². The third-order valence-electron chi connectivity index (χ3n) is 6.93. The number of nitrogens with one attached hydrogen (secondary N) is 2. The number of likely N-dealkylation sites (tertiary alicyclic amines) is 1. The first-order valence-electron chi connectivity index (χ1n) is 13.6. The molecule has 0 radical (unpaired) electrons. The number of alkyl halides is 6. The van der Waals surface area contributed by atoms with Crippen molar-refractivity contribution in [1.82, 2.24) is 20.2 Å². The largest absolute Gasteiger partial charge is 0.417 e. The molecule has 1 aliphatic heterocycles. The standard InChI is InChI=1S/C27H35F6N5O3S/c1-6-8-15-10-9-14(3)38(15)24(40)20-21(42-23(37-20)22(39)35-13-25(4,5)41)16-12-34-19(11-17(16)26(28,29)30)36-18(7-2)27(31,32)33/h11-12,14-15,18,41H,6-10,13H2,1-5H3,(H,34,36)(H,35,39)/t14?,15?,18-/m0/s1. The van der Waals surface area contributed by atoms with Crippen LogP contribution in [0.3, 0.4) is 0 Å². The summed E-state index contributed by atoms with van der Waals surface area (Å²) in [6.07, 6.45) is -6.66. The van der Waals surface area contributed by atoms with E-state index in [4.69, 9.17) is 0 Å². The Bertz CT molecular complexity index is 1270. The lowest BCUT2D eigenvalue weighted by molar-refractivity contribution is -0.142. The van der Waals surface area contributed by atoms with Crippen LogP contribution in [-0.4, -0.2) is 68.2 Å². The number of thiazole rings is 1. The molecule has 1 aliphatic rings. The second-order valence-corrected chi connectivity index (χ2v) is 12.0. The number of hydrogen-bond acceptors (Lipinski definition) is 7. The van der Waals surface area contributed by atoms with Crippen LogP contribution in [0.5, 0.6) is 0 Å². The monoisotopic (exact) mass is 623 g/mol. The highest BCUT2D eigenvalue weighted by molar-refractivity contribution is 7.17. The fourth-order valence-corrected chi connectivity index (χ4v) is 5.83. The van der Waals surface area contributed by atoms with E-state index < -0.39 is 59.2 Å². The summed E-state index contributed by atoms with van der Waals surface area (Å²) in [5.41, 5.74) is -3.60. The number of rotatable bonds is 10. The van der Waals surface area contributed by atoms with E-state index in [1.165, 1.54) is 20.8 Å². The number of hydrogen-bond donors (Lipinski definition) is 3. The maximum atomic E-state index is 14.3. The number of halogens is 6. The second-order valence-electron chi connectivity index (χ2n) is 11.0. The van der Waals surface area contributed by atoms with Crippen molar-refractivity contribution in [3.63, 3.8) is 0 Å². The molecule has 2 amide bonds. The molecule has 3 rings (SSSR count). The number of carbonyl (C=O) groups is 2. The molecule has 1 fully saturated rings. The number of carbonyl (C=O) groups excluding carboxylic acids is 2. The molecule has 2 aromatic rings. The Hall–Kier alpha value is -2.94. The summed E-state index contributed by atoms with van der Waals surface area (Å²) >= 11 is 0.540. The Kier molecular flexibility index (Phi) is 10.2. The van der Waals surface area contributed by atoms with Gasteiger partial charge in [0.25, 0.3) is 11.8 Å². The molecule has 8 nitrogen and oxygen atoms in total. The minimum atomic E-state index is -5.05. The summed E-state index contributed by atoms with van der Waals surface area (Å²) in [5, 5.41) is 14.1. The van der Waals surface area contributed by atoms with Gasteiger partial charge in [-0.25, -0.2) is 9.97 Å². The molecule has 1 saturated heterocycles. The van der Waals surface area contributed by atoms with Crippen molar-refractivity contribution < 1.29 is 41.0 Å². The summed E-state index contributed by atoms with van der Waals surface area (Å²) in [7, 11) is 0. The molecule has 234 valence electrons. The number of aromatic nitrogens is 2. The summed E-state index contributed by atoms with van der Waals surface area (Å²) in [6.45, 7) is 7.69. The Morgan fingerprint density at radius 2 is 1.83 bits per heavy atom. The van der Waals surface area contributed by atoms with Gasteiger partial charge in [-0.1, -0.05) is 20.3 Å². The molecule has 0 bridgehead atoms. The van der Waals surface area contributed by atoms with Gasteiger partial charge in [0.15, 0.2) is 5.01 Å². The van der Waals surface area contributed by atoms with Crippen LogP contribution in [0, 0.1) is 0 Å². The lowest BCUT2D eigenvalue weighted by Gasteiger charge is -2.28. The van der Waals surface area contributed by atoms with Gasteiger partial charge in [0.2, 0.25) is 0 Å². The van der Waals surface area contributed by atoms with Crippen LogP contribution >= 0.6 is 11.3 Å². The third kappa shape index (κ3) is 7.91. The molecule has 2 unspecified atom stereocenters. The van der Waals surface area contributed by atoms with Crippen LogP contribution in [-0.2, 0) is 6.18 Å². The minimum absolute atomic E-state index is 0.167. The van der Waals surface area contributed by atoms with Crippen LogP contribution in [0.15, 0.2) is 12.3 Å².